The lowest BCUT2D eigenvalue weighted by molar-refractivity contribution is 0.579. The second-order valence-corrected chi connectivity index (χ2v) is 2.86. The summed E-state index contributed by atoms with van der Waals surface area (Å²) in [6.07, 6.45) is 1.51. The maximum atomic E-state index is 3.42. The molecule has 0 amide bonds. The lowest BCUT2D eigenvalue weighted by atomic mass is 10.2. The Morgan fingerprint density at radius 3 is 1.91 bits per heavy atom. The van der Waals surface area contributed by atoms with E-state index in [1.165, 1.54) is 13.0 Å². The third kappa shape index (κ3) is 3.09. The number of rotatable bonds is 0. The highest BCUT2D eigenvalue weighted by atomic mass is 31.0. The second-order valence-electron chi connectivity index (χ2n) is 2.86. The first-order chi connectivity index (χ1) is 5.38. The Balaban J connectivity index is 0.000000222. The Hall–Kier alpha value is 0.390. The second kappa shape index (κ2) is 5.97. The Kier molecular flexibility index (Phi) is 6.18. The fourth-order valence-corrected chi connectivity index (χ4v) is 1.61. The van der Waals surface area contributed by atoms with Gasteiger partial charge in [-0.2, -0.15) is 0 Å². The summed E-state index contributed by atoms with van der Waals surface area (Å²) in [5.41, 5.74) is 0. The van der Waals surface area contributed by atoms with Crippen LogP contribution in [0.2, 0.25) is 0 Å². The van der Waals surface area contributed by atoms with Crippen molar-refractivity contribution in [3.05, 3.63) is 0 Å². The predicted octanol–water partition coefficient (Wildman–Crippen LogP) is 2.13. The maximum Gasteiger partial charge on any atom is 0.00703 e. The van der Waals surface area contributed by atoms with Crippen LogP contribution in [0.4, 0.5) is 0 Å². The Morgan fingerprint density at radius 1 is 1.27 bits per heavy atom. The molecule has 4 atom stereocenters. The normalized spacial score (nSPS) is 37.4. The van der Waals surface area contributed by atoms with Crippen LogP contribution in [0.3, 0.4) is 0 Å². The van der Waals surface area contributed by atoms with Gasteiger partial charge in [0.05, 0.1) is 0 Å². The first-order valence-electron chi connectivity index (χ1n) is 4.69. The summed E-state index contributed by atoms with van der Waals surface area (Å²) >= 11 is 0. The van der Waals surface area contributed by atoms with Gasteiger partial charge in [0.1, 0.15) is 0 Å². The van der Waals surface area contributed by atoms with Gasteiger partial charge >= 0.3 is 0 Å². The SMILES string of the molecule is CC.CC1NCC2CC21.CP. The molecule has 2 heteroatoms. The van der Waals surface area contributed by atoms with Gasteiger partial charge in [0.15, 0.2) is 0 Å². The molecule has 0 spiro atoms. The van der Waals surface area contributed by atoms with E-state index in [4.69, 9.17) is 0 Å². The topological polar surface area (TPSA) is 12.0 Å². The molecule has 1 aliphatic heterocycles. The third-order valence-corrected chi connectivity index (χ3v) is 2.32. The number of piperidine rings is 1. The van der Waals surface area contributed by atoms with Gasteiger partial charge < -0.3 is 5.32 Å². The van der Waals surface area contributed by atoms with Gasteiger partial charge in [0, 0.05) is 6.04 Å². The molecule has 1 nitrogen and oxygen atoms in total. The fourth-order valence-electron chi connectivity index (χ4n) is 1.61. The van der Waals surface area contributed by atoms with Crippen molar-refractivity contribution in [2.75, 3.05) is 13.2 Å². The molecule has 1 saturated heterocycles. The van der Waals surface area contributed by atoms with Crippen LogP contribution in [0.25, 0.3) is 0 Å². The molecule has 1 heterocycles. The molecule has 0 aromatic rings. The molecule has 0 aromatic heterocycles. The van der Waals surface area contributed by atoms with Gasteiger partial charge in [0.25, 0.3) is 0 Å². The van der Waals surface area contributed by atoms with E-state index in [0.717, 1.165) is 17.9 Å². The number of fused-ring (bicyclic) bond motifs is 1. The lowest BCUT2D eigenvalue weighted by Gasteiger charge is -2.01. The number of hydrogen-bond acceptors (Lipinski definition) is 1. The molecule has 2 fully saturated rings. The van der Waals surface area contributed by atoms with Crippen LogP contribution in [0, 0.1) is 11.8 Å². The number of hydrogen-bond donors (Lipinski definition) is 1. The van der Waals surface area contributed by atoms with E-state index in [-0.39, 0.29) is 0 Å². The average molecular weight is 175 g/mol. The fraction of sp³-hybridized carbons (Fsp3) is 1.00. The molecule has 2 aliphatic rings. The molecule has 1 saturated carbocycles. The summed E-state index contributed by atoms with van der Waals surface area (Å²) in [6.45, 7) is 9.50. The van der Waals surface area contributed by atoms with E-state index in [2.05, 4.69) is 21.5 Å². The summed E-state index contributed by atoms with van der Waals surface area (Å²) in [7, 11) is 2.42. The zero-order valence-electron chi connectivity index (χ0n) is 8.22. The van der Waals surface area contributed by atoms with Gasteiger partial charge in [-0.05, 0) is 31.7 Å². The van der Waals surface area contributed by atoms with E-state index in [9.17, 15) is 0 Å². The van der Waals surface area contributed by atoms with Crippen molar-refractivity contribution in [2.24, 2.45) is 11.8 Å². The highest BCUT2D eigenvalue weighted by Crippen LogP contribution is 2.44. The molecule has 0 aromatic carbocycles. The molecule has 2 rings (SSSR count). The van der Waals surface area contributed by atoms with Crippen molar-refractivity contribution in [3.8, 4) is 0 Å². The van der Waals surface area contributed by atoms with Crippen LogP contribution < -0.4 is 5.32 Å². The van der Waals surface area contributed by atoms with Crippen molar-refractivity contribution in [1.29, 1.82) is 0 Å². The summed E-state index contributed by atoms with van der Waals surface area (Å²) in [4.78, 5) is 0. The summed E-state index contributed by atoms with van der Waals surface area (Å²) in [5, 5.41) is 3.42. The smallest absolute Gasteiger partial charge is 0.00703 e. The van der Waals surface area contributed by atoms with Gasteiger partial charge in [-0.3, -0.25) is 0 Å². The van der Waals surface area contributed by atoms with E-state index in [1.54, 1.807) is 0 Å². The zero-order valence-corrected chi connectivity index (χ0v) is 9.38. The minimum atomic E-state index is 0.838. The molecule has 4 unspecified atom stereocenters. The van der Waals surface area contributed by atoms with Gasteiger partial charge in [-0.15, -0.1) is 9.24 Å². The largest absolute Gasteiger partial charge is 0.314 e. The maximum absolute atomic E-state index is 3.42. The Morgan fingerprint density at radius 2 is 1.82 bits per heavy atom. The molecular weight excluding hydrogens is 153 g/mol. The molecule has 1 aliphatic carbocycles. The molecule has 11 heavy (non-hydrogen) atoms. The molecule has 68 valence electrons. The van der Waals surface area contributed by atoms with E-state index in [1.807, 2.05) is 20.5 Å². The summed E-state index contributed by atoms with van der Waals surface area (Å²) in [5.74, 6) is 2.15. The predicted molar refractivity (Wildman–Crippen MR) is 56.0 cm³/mol. The van der Waals surface area contributed by atoms with Crippen molar-refractivity contribution in [1.82, 2.24) is 5.32 Å². The first-order valence-corrected chi connectivity index (χ1v) is 5.84. The van der Waals surface area contributed by atoms with Crippen molar-refractivity contribution < 1.29 is 0 Å². The highest BCUT2D eigenvalue weighted by molar-refractivity contribution is 7.15. The molecule has 0 radical (unpaired) electrons. The van der Waals surface area contributed by atoms with Crippen LogP contribution in [-0.2, 0) is 0 Å². The zero-order chi connectivity index (χ0) is 8.85. The van der Waals surface area contributed by atoms with E-state index >= 15 is 0 Å². The van der Waals surface area contributed by atoms with Crippen LogP contribution in [0.1, 0.15) is 27.2 Å². The summed E-state index contributed by atoms with van der Waals surface area (Å²) in [6, 6.07) is 0.838. The van der Waals surface area contributed by atoms with Gasteiger partial charge in [-0.1, -0.05) is 20.5 Å². The minimum Gasteiger partial charge on any atom is -0.314 e. The van der Waals surface area contributed by atoms with Crippen LogP contribution in [0.5, 0.6) is 0 Å². The lowest BCUT2D eigenvalue weighted by Crippen LogP contribution is -2.21. The molecule has 1 N–H and O–H groups in total. The standard InChI is InChI=1S/C6H11N.C2H6.CH5P/c1-4-6-2-5(6)3-7-4;2*1-2/h4-7H,2-3H2,1H3;1-2H3;2H2,1H3. The molecular formula is C9H22NP. The quantitative estimate of drug-likeness (QED) is 0.556. The van der Waals surface area contributed by atoms with Gasteiger partial charge in [0.2, 0.25) is 0 Å². The summed E-state index contributed by atoms with van der Waals surface area (Å²) < 4.78 is 0. The van der Waals surface area contributed by atoms with Crippen molar-refractivity contribution in [3.63, 3.8) is 0 Å². The number of nitrogens with one attached hydrogen (secondary N) is 1. The first kappa shape index (κ1) is 11.4. The van der Waals surface area contributed by atoms with Crippen molar-refractivity contribution in [2.45, 2.75) is 33.2 Å². The molecule has 0 bridgehead atoms. The van der Waals surface area contributed by atoms with Crippen molar-refractivity contribution >= 4 is 9.24 Å². The minimum absolute atomic E-state index is 0.838. The highest BCUT2D eigenvalue weighted by Gasteiger charge is 2.45. The third-order valence-electron chi connectivity index (χ3n) is 2.32. The monoisotopic (exact) mass is 175 g/mol. The average Bonchev–Trinajstić information content (AvgIpc) is 2.80. The Labute approximate surface area is 73.5 Å². The van der Waals surface area contributed by atoms with Gasteiger partial charge in [-0.25, -0.2) is 0 Å². The van der Waals surface area contributed by atoms with E-state index < -0.39 is 0 Å². The van der Waals surface area contributed by atoms with Crippen LogP contribution in [0.15, 0.2) is 0 Å². The van der Waals surface area contributed by atoms with Crippen LogP contribution in [-0.4, -0.2) is 19.3 Å². The Bertz CT molecular complexity index is 95.6. The van der Waals surface area contributed by atoms with Crippen LogP contribution >= 0.6 is 9.24 Å². The van der Waals surface area contributed by atoms with E-state index in [0.29, 0.717) is 0 Å².